The molecule has 7 heteroatoms. The van der Waals surface area contributed by atoms with Gasteiger partial charge in [-0.3, -0.25) is 4.79 Å². The standard InChI is InChI=1S/C25H35N5O2/c1-3-29(4-2)24(31)22-11-9-20(10-12-22)18-27-25(32)28-19-21-13-14-26-23(17-21)30-15-7-5-6-8-16-30/h9-14,17H,3-8,15-16,18-19H2,1-2H3,(H2,27,28,32). The van der Waals surface area contributed by atoms with Crippen LogP contribution in [0.25, 0.3) is 0 Å². The molecule has 7 nitrogen and oxygen atoms in total. The Morgan fingerprint density at radius 2 is 1.53 bits per heavy atom. The first-order chi connectivity index (χ1) is 15.6. The highest BCUT2D eigenvalue weighted by Gasteiger charge is 2.13. The van der Waals surface area contributed by atoms with Gasteiger partial charge in [-0.1, -0.05) is 25.0 Å². The van der Waals surface area contributed by atoms with Crippen LogP contribution in [0.2, 0.25) is 0 Å². The van der Waals surface area contributed by atoms with Crippen molar-refractivity contribution in [1.82, 2.24) is 20.5 Å². The van der Waals surface area contributed by atoms with Crippen molar-refractivity contribution in [2.24, 2.45) is 0 Å². The first kappa shape index (κ1) is 23.6. The van der Waals surface area contributed by atoms with Gasteiger partial charge in [-0.25, -0.2) is 9.78 Å². The summed E-state index contributed by atoms with van der Waals surface area (Å²) in [6.45, 7) is 8.27. The minimum Gasteiger partial charge on any atom is -0.357 e. The van der Waals surface area contributed by atoms with Crippen molar-refractivity contribution in [2.75, 3.05) is 31.1 Å². The Labute approximate surface area is 191 Å². The SMILES string of the molecule is CCN(CC)C(=O)c1ccc(CNC(=O)NCc2ccnc(N3CCCCCC3)c2)cc1. The van der Waals surface area contributed by atoms with Gasteiger partial charge in [0, 0.05) is 51.0 Å². The number of amides is 3. The molecule has 1 aromatic carbocycles. The summed E-state index contributed by atoms with van der Waals surface area (Å²) in [6, 6.07) is 11.2. The Morgan fingerprint density at radius 3 is 2.16 bits per heavy atom. The molecule has 0 atom stereocenters. The van der Waals surface area contributed by atoms with Crippen molar-refractivity contribution < 1.29 is 9.59 Å². The largest absolute Gasteiger partial charge is 0.357 e. The Balaban J connectivity index is 1.46. The lowest BCUT2D eigenvalue weighted by Crippen LogP contribution is -2.34. The number of nitrogens with zero attached hydrogens (tertiary/aromatic N) is 3. The molecule has 1 aliphatic heterocycles. The fourth-order valence-electron chi connectivity index (χ4n) is 3.93. The number of pyridine rings is 1. The number of anilines is 1. The Kier molecular flexibility index (Phi) is 8.90. The number of benzene rings is 1. The van der Waals surface area contributed by atoms with Crippen LogP contribution < -0.4 is 15.5 Å². The molecule has 1 fully saturated rings. The second-order valence-electron chi connectivity index (χ2n) is 8.13. The molecule has 0 bridgehead atoms. The molecular weight excluding hydrogens is 402 g/mol. The van der Waals surface area contributed by atoms with Crippen LogP contribution in [0.1, 0.15) is 61.0 Å². The molecule has 1 saturated heterocycles. The highest BCUT2D eigenvalue weighted by atomic mass is 16.2. The van der Waals surface area contributed by atoms with Gasteiger partial charge in [-0.15, -0.1) is 0 Å². The molecule has 172 valence electrons. The van der Waals surface area contributed by atoms with Crippen LogP contribution in [-0.2, 0) is 13.1 Å². The van der Waals surface area contributed by atoms with Crippen LogP contribution in [0.3, 0.4) is 0 Å². The number of hydrogen-bond donors (Lipinski definition) is 2. The zero-order valence-electron chi connectivity index (χ0n) is 19.3. The Bertz CT molecular complexity index is 872. The molecule has 2 aromatic rings. The zero-order valence-corrected chi connectivity index (χ0v) is 19.3. The summed E-state index contributed by atoms with van der Waals surface area (Å²) in [5.74, 6) is 1.02. The number of carbonyl (C=O) groups is 2. The molecular formula is C25H35N5O2. The zero-order chi connectivity index (χ0) is 22.8. The third kappa shape index (κ3) is 6.70. The van der Waals surface area contributed by atoms with E-state index in [4.69, 9.17) is 0 Å². The maximum atomic E-state index is 12.4. The predicted molar refractivity (Wildman–Crippen MR) is 128 cm³/mol. The number of aromatic nitrogens is 1. The topological polar surface area (TPSA) is 77.6 Å². The summed E-state index contributed by atoms with van der Waals surface area (Å²) in [5, 5.41) is 5.79. The number of urea groups is 1. The number of rotatable bonds is 8. The second-order valence-corrected chi connectivity index (χ2v) is 8.13. The first-order valence-electron chi connectivity index (χ1n) is 11.7. The maximum absolute atomic E-state index is 12.4. The lowest BCUT2D eigenvalue weighted by atomic mass is 10.1. The Hall–Kier alpha value is -3.09. The smallest absolute Gasteiger partial charge is 0.315 e. The van der Waals surface area contributed by atoms with E-state index in [-0.39, 0.29) is 11.9 Å². The molecule has 2 heterocycles. The number of nitrogens with one attached hydrogen (secondary N) is 2. The molecule has 1 aromatic heterocycles. The number of hydrogen-bond acceptors (Lipinski definition) is 4. The van der Waals surface area contributed by atoms with E-state index >= 15 is 0 Å². The van der Waals surface area contributed by atoms with Gasteiger partial charge in [0.2, 0.25) is 0 Å². The van der Waals surface area contributed by atoms with Gasteiger partial charge in [0.1, 0.15) is 5.82 Å². The lowest BCUT2D eigenvalue weighted by molar-refractivity contribution is 0.0773. The van der Waals surface area contributed by atoms with Gasteiger partial charge in [0.15, 0.2) is 0 Å². The van der Waals surface area contributed by atoms with E-state index in [2.05, 4.69) is 26.6 Å². The van der Waals surface area contributed by atoms with Gasteiger partial charge in [0.05, 0.1) is 0 Å². The highest BCUT2D eigenvalue weighted by Crippen LogP contribution is 2.18. The summed E-state index contributed by atoms with van der Waals surface area (Å²) < 4.78 is 0. The van der Waals surface area contributed by atoms with Gasteiger partial charge in [0.25, 0.3) is 5.91 Å². The van der Waals surface area contributed by atoms with E-state index < -0.39 is 0 Å². The molecule has 0 radical (unpaired) electrons. The van der Waals surface area contributed by atoms with Crippen molar-refractivity contribution in [3.05, 3.63) is 59.3 Å². The van der Waals surface area contributed by atoms with Crippen molar-refractivity contribution in [3.63, 3.8) is 0 Å². The van der Waals surface area contributed by atoms with Crippen molar-refractivity contribution >= 4 is 17.8 Å². The molecule has 32 heavy (non-hydrogen) atoms. The molecule has 3 rings (SSSR count). The molecule has 2 N–H and O–H groups in total. The summed E-state index contributed by atoms with van der Waals surface area (Å²) >= 11 is 0. The van der Waals surface area contributed by atoms with E-state index in [0.717, 1.165) is 30.0 Å². The average Bonchev–Trinajstić information content (AvgIpc) is 3.12. The molecule has 0 aliphatic carbocycles. The number of carbonyl (C=O) groups excluding carboxylic acids is 2. The molecule has 0 unspecified atom stereocenters. The fourth-order valence-corrected chi connectivity index (χ4v) is 3.93. The van der Waals surface area contributed by atoms with E-state index in [1.165, 1.54) is 25.7 Å². The van der Waals surface area contributed by atoms with Gasteiger partial charge in [-0.05, 0) is 62.1 Å². The van der Waals surface area contributed by atoms with Crippen LogP contribution in [0, 0.1) is 0 Å². The van der Waals surface area contributed by atoms with Crippen molar-refractivity contribution in [2.45, 2.75) is 52.6 Å². The maximum Gasteiger partial charge on any atom is 0.315 e. The third-order valence-corrected chi connectivity index (χ3v) is 5.90. The average molecular weight is 438 g/mol. The summed E-state index contributed by atoms with van der Waals surface area (Å²) in [5.41, 5.74) is 2.65. The third-order valence-electron chi connectivity index (χ3n) is 5.90. The minimum absolute atomic E-state index is 0.0316. The molecule has 0 spiro atoms. The van der Waals surface area contributed by atoms with Crippen molar-refractivity contribution in [3.8, 4) is 0 Å². The summed E-state index contributed by atoms with van der Waals surface area (Å²) in [4.78, 5) is 33.3. The lowest BCUT2D eigenvalue weighted by Gasteiger charge is -2.21. The summed E-state index contributed by atoms with van der Waals surface area (Å²) in [6.07, 6.45) is 6.80. The van der Waals surface area contributed by atoms with Crippen LogP contribution >= 0.6 is 0 Å². The van der Waals surface area contributed by atoms with E-state index in [1.54, 1.807) is 4.90 Å². The van der Waals surface area contributed by atoms with Gasteiger partial charge < -0.3 is 20.4 Å². The molecule has 0 saturated carbocycles. The van der Waals surface area contributed by atoms with E-state index in [1.807, 2.05) is 50.4 Å². The van der Waals surface area contributed by atoms with E-state index in [9.17, 15) is 9.59 Å². The first-order valence-corrected chi connectivity index (χ1v) is 11.7. The van der Waals surface area contributed by atoms with Crippen molar-refractivity contribution in [1.29, 1.82) is 0 Å². The normalized spacial score (nSPS) is 13.9. The monoisotopic (exact) mass is 437 g/mol. The second kappa shape index (κ2) is 12.1. The fraction of sp³-hybridized carbons (Fsp3) is 0.480. The van der Waals surface area contributed by atoms with E-state index in [0.29, 0.717) is 31.7 Å². The molecule has 3 amide bonds. The summed E-state index contributed by atoms with van der Waals surface area (Å²) in [7, 11) is 0. The van der Waals surface area contributed by atoms with Crippen LogP contribution in [0.5, 0.6) is 0 Å². The molecule has 1 aliphatic rings. The van der Waals surface area contributed by atoms with Crippen LogP contribution in [0.15, 0.2) is 42.6 Å². The quantitative estimate of drug-likeness (QED) is 0.656. The van der Waals surface area contributed by atoms with Crippen LogP contribution in [0.4, 0.5) is 10.6 Å². The van der Waals surface area contributed by atoms with Crippen LogP contribution in [-0.4, -0.2) is 48.0 Å². The highest BCUT2D eigenvalue weighted by molar-refractivity contribution is 5.94. The minimum atomic E-state index is -0.221. The van der Waals surface area contributed by atoms with Gasteiger partial charge in [-0.2, -0.15) is 0 Å². The Morgan fingerprint density at radius 1 is 0.906 bits per heavy atom. The van der Waals surface area contributed by atoms with Gasteiger partial charge >= 0.3 is 6.03 Å². The predicted octanol–water partition coefficient (Wildman–Crippen LogP) is 3.94.